The second kappa shape index (κ2) is 5.56. The smallest absolute Gasteiger partial charge is 0.120 e. The summed E-state index contributed by atoms with van der Waals surface area (Å²) in [7, 11) is -1.49. The summed E-state index contributed by atoms with van der Waals surface area (Å²) in [6, 6.07) is 10.2. The lowest BCUT2D eigenvalue weighted by Crippen LogP contribution is -2.24. The van der Waals surface area contributed by atoms with Crippen molar-refractivity contribution < 1.29 is 5.11 Å². The normalized spacial score (nSPS) is 12.9. The summed E-state index contributed by atoms with van der Waals surface area (Å²) < 4.78 is 0. The van der Waals surface area contributed by atoms with Crippen LogP contribution in [-0.4, -0.2) is 18.8 Å². The van der Waals surface area contributed by atoms with Crippen LogP contribution in [0.4, 0.5) is 0 Å². The Hall–Kier alpha value is -1.30. The zero-order valence-electron chi connectivity index (χ0n) is 11.9. The molecule has 1 aromatic rings. The monoisotopic (exact) mass is 258 g/mol. The van der Waals surface area contributed by atoms with Crippen LogP contribution in [0, 0.1) is 11.8 Å². The number of allylic oxidation sites excluding steroid dienone is 1. The van der Waals surface area contributed by atoms with E-state index in [4.69, 9.17) is 0 Å². The molecule has 0 aliphatic heterocycles. The molecule has 2 heteroatoms. The molecule has 1 rings (SSSR count). The van der Waals surface area contributed by atoms with Crippen molar-refractivity contribution >= 4 is 14.1 Å². The highest BCUT2D eigenvalue weighted by Gasteiger charge is 2.18. The van der Waals surface area contributed by atoms with Crippen molar-refractivity contribution in [1.82, 2.24) is 0 Å². The largest absolute Gasteiger partial charge is 0.378 e. The molecule has 1 nitrogen and oxygen atoms in total. The SMILES string of the molecule is CC(C)(O)C#C/C(=C/c1ccccc1)[Si](C)(C)C. The van der Waals surface area contributed by atoms with Gasteiger partial charge in [0, 0.05) is 0 Å². The first-order valence-electron chi connectivity index (χ1n) is 6.21. The summed E-state index contributed by atoms with van der Waals surface area (Å²) in [6.07, 6.45) is 2.14. The quantitative estimate of drug-likeness (QED) is 0.633. The molecule has 0 bridgehead atoms. The minimum absolute atomic E-state index is 0.935. The van der Waals surface area contributed by atoms with Gasteiger partial charge in [-0.15, -0.1) is 0 Å². The minimum atomic E-state index is -1.49. The molecular formula is C16H22OSi. The van der Waals surface area contributed by atoms with Crippen molar-refractivity contribution in [3.8, 4) is 11.8 Å². The van der Waals surface area contributed by atoms with Crippen LogP contribution in [0.5, 0.6) is 0 Å². The van der Waals surface area contributed by atoms with Crippen molar-refractivity contribution in [3.63, 3.8) is 0 Å². The molecule has 18 heavy (non-hydrogen) atoms. The first-order chi connectivity index (χ1) is 8.18. The highest BCUT2D eigenvalue weighted by atomic mass is 28.3. The summed E-state index contributed by atoms with van der Waals surface area (Å²) in [6.45, 7) is 10.2. The van der Waals surface area contributed by atoms with E-state index < -0.39 is 13.7 Å². The Morgan fingerprint density at radius 1 is 1.17 bits per heavy atom. The molecule has 1 aromatic carbocycles. The van der Waals surface area contributed by atoms with Crippen molar-refractivity contribution in [2.45, 2.75) is 39.1 Å². The highest BCUT2D eigenvalue weighted by molar-refractivity contribution is 6.84. The van der Waals surface area contributed by atoms with Crippen LogP contribution >= 0.6 is 0 Å². The molecule has 0 fully saturated rings. The van der Waals surface area contributed by atoms with Gasteiger partial charge in [-0.05, 0) is 30.7 Å². The van der Waals surface area contributed by atoms with Crippen LogP contribution in [0.15, 0.2) is 35.5 Å². The number of hydrogen-bond acceptors (Lipinski definition) is 1. The molecule has 0 atom stereocenters. The Bertz CT molecular complexity index is 476. The highest BCUT2D eigenvalue weighted by Crippen LogP contribution is 2.18. The Kier molecular flexibility index (Phi) is 4.56. The zero-order chi connectivity index (χ0) is 13.8. The van der Waals surface area contributed by atoms with E-state index in [1.807, 2.05) is 18.2 Å². The molecule has 0 saturated heterocycles. The number of benzene rings is 1. The summed E-state index contributed by atoms with van der Waals surface area (Å²) in [5, 5.41) is 10.9. The van der Waals surface area contributed by atoms with E-state index in [-0.39, 0.29) is 0 Å². The Balaban J connectivity index is 3.15. The molecule has 0 saturated carbocycles. The minimum Gasteiger partial charge on any atom is -0.378 e. The van der Waals surface area contributed by atoms with Crippen LogP contribution < -0.4 is 0 Å². The van der Waals surface area contributed by atoms with Crippen molar-refractivity contribution in [2.75, 3.05) is 0 Å². The van der Waals surface area contributed by atoms with Gasteiger partial charge in [-0.3, -0.25) is 0 Å². The Morgan fingerprint density at radius 2 is 1.72 bits per heavy atom. The molecular weight excluding hydrogens is 236 g/mol. The fraction of sp³-hybridized carbons (Fsp3) is 0.375. The fourth-order valence-corrected chi connectivity index (χ4v) is 2.41. The van der Waals surface area contributed by atoms with E-state index in [2.05, 4.69) is 49.7 Å². The third kappa shape index (κ3) is 5.35. The van der Waals surface area contributed by atoms with Crippen molar-refractivity contribution in [1.29, 1.82) is 0 Å². The van der Waals surface area contributed by atoms with Gasteiger partial charge in [0.1, 0.15) is 5.60 Å². The molecule has 0 radical (unpaired) electrons. The van der Waals surface area contributed by atoms with Gasteiger partial charge in [0.05, 0.1) is 8.07 Å². The van der Waals surface area contributed by atoms with Gasteiger partial charge in [-0.1, -0.05) is 61.8 Å². The van der Waals surface area contributed by atoms with Gasteiger partial charge in [-0.25, -0.2) is 0 Å². The Morgan fingerprint density at radius 3 is 2.17 bits per heavy atom. The molecule has 0 aliphatic carbocycles. The predicted molar refractivity (Wildman–Crippen MR) is 81.8 cm³/mol. The molecule has 0 heterocycles. The van der Waals surface area contributed by atoms with Crippen molar-refractivity contribution in [3.05, 3.63) is 41.1 Å². The van der Waals surface area contributed by atoms with E-state index in [1.165, 1.54) is 5.56 Å². The molecule has 0 spiro atoms. The van der Waals surface area contributed by atoms with Gasteiger partial charge < -0.3 is 5.11 Å². The van der Waals surface area contributed by atoms with E-state index in [1.54, 1.807) is 13.8 Å². The predicted octanol–water partition coefficient (Wildman–Crippen LogP) is 3.72. The molecule has 0 amide bonds. The first-order valence-corrected chi connectivity index (χ1v) is 9.71. The number of hydrogen-bond donors (Lipinski definition) is 1. The topological polar surface area (TPSA) is 20.2 Å². The van der Waals surface area contributed by atoms with Gasteiger partial charge in [-0.2, -0.15) is 0 Å². The summed E-state index contributed by atoms with van der Waals surface area (Å²) >= 11 is 0. The molecule has 1 N–H and O–H groups in total. The summed E-state index contributed by atoms with van der Waals surface area (Å²) in [5.74, 6) is 6.09. The third-order valence-electron chi connectivity index (χ3n) is 2.42. The van der Waals surface area contributed by atoms with Crippen LogP contribution in [0.3, 0.4) is 0 Å². The lowest BCUT2D eigenvalue weighted by molar-refractivity contribution is 0.143. The lowest BCUT2D eigenvalue weighted by atomic mass is 10.1. The van der Waals surface area contributed by atoms with Gasteiger partial charge in [0.2, 0.25) is 0 Å². The standard InChI is InChI=1S/C16H22OSi/c1-16(2,17)12-11-15(18(3,4)5)13-14-9-7-6-8-10-14/h6-10,13,17H,1-5H3/b15-13-. The second-order valence-corrected chi connectivity index (χ2v) is 11.1. The molecule has 0 aliphatic rings. The Labute approximate surface area is 112 Å². The van der Waals surface area contributed by atoms with Gasteiger partial charge in [0.25, 0.3) is 0 Å². The van der Waals surface area contributed by atoms with Crippen LogP contribution in [0.1, 0.15) is 19.4 Å². The fourth-order valence-electron chi connectivity index (χ4n) is 1.38. The average molecular weight is 258 g/mol. The van der Waals surface area contributed by atoms with Crippen LogP contribution in [0.2, 0.25) is 19.6 Å². The molecule has 96 valence electrons. The summed E-state index contributed by atoms with van der Waals surface area (Å²) in [4.78, 5) is 0. The first kappa shape index (κ1) is 14.8. The molecule has 0 aromatic heterocycles. The molecule has 0 unspecified atom stereocenters. The summed E-state index contributed by atoms with van der Waals surface area (Å²) in [5.41, 5.74) is 0.232. The van der Waals surface area contributed by atoms with Gasteiger partial charge >= 0.3 is 0 Å². The zero-order valence-corrected chi connectivity index (χ0v) is 12.9. The van der Waals surface area contributed by atoms with E-state index in [0.29, 0.717) is 0 Å². The second-order valence-electron chi connectivity index (χ2n) is 6.03. The third-order valence-corrected chi connectivity index (χ3v) is 4.31. The number of rotatable bonds is 2. The number of aliphatic hydroxyl groups is 1. The van der Waals surface area contributed by atoms with Crippen molar-refractivity contribution in [2.24, 2.45) is 0 Å². The van der Waals surface area contributed by atoms with Gasteiger partial charge in [0.15, 0.2) is 0 Å². The van der Waals surface area contributed by atoms with E-state index >= 15 is 0 Å². The van der Waals surface area contributed by atoms with Crippen LogP contribution in [0.25, 0.3) is 6.08 Å². The van der Waals surface area contributed by atoms with Crippen LogP contribution in [-0.2, 0) is 0 Å². The van der Waals surface area contributed by atoms with E-state index in [0.717, 1.165) is 5.20 Å². The van der Waals surface area contributed by atoms with E-state index in [9.17, 15) is 5.11 Å². The average Bonchev–Trinajstić information content (AvgIpc) is 2.22. The lowest BCUT2D eigenvalue weighted by Gasteiger charge is -2.17. The maximum Gasteiger partial charge on any atom is 0.120 e. The maximum atomic E-state index is 9.71. The maximum absolute atomic E-state index is 9.71.